The molecule has 2 N–H and O–H groups in total. The number of rotatable bonds is 9. The molecule has 2 aliphatic rings. The van der Waals surface area contributed by atoms with E-state index in [-0.39, 0.29) is 47.3 Å². The first-order valence-electron chi connectivity index (χ1n) is 16.5. The second-order valence-electron chi connectivity index (χ2n) is 12.5. The number of hydrogen-bond acceptors (Lipinski definition) is 4. The van der Waals surface area contributed by atoms with Gasteiger partial charge in [0, 0.05) is 51.2 Å². The van der Waals surface area contributed by atoms with Crippen LogP contribution in [0, 0.1) is 11.6 Å². The standard InChI is InChI=1S/C20H21FN2O2.C20H19FN2O2/c2*1-14(24)22-18-12-20(25)23(13-18)19-9-7-15(8-10-19)5-6-16-3-2-4-17(21)11-16/h2-4,7-11,18H,5-6,12-13H2,1H3,(H,22,24);2-11,18H,12-13H2,1H3,(H,22,24)/b;6-5+. The SMILES string of the molecule is CC(=O)NC1CC(=O)N(c2ccc(/C=C/c3cccc(F)c3)cc2)C1.CC(=O)NC1CC(=O)N(c2ccc(CCc3cccc(F)c3)cc2)C1. The largest absolute Gasteiger partial charge is 0.351 e. The highest BCUT2D eigenvalue weighted by Gasteiger charge is 2.32. The fourth-order valence-electron chi connectivity index (χ4n) is 6.07. The van der Waals surface area contributed by atoms with Crippen molar-refractivity contribution in [3.05, 3.63) is 131 Å². The minimum atomic E-state index is -0.265. The van der Waals surface area contributed by atoms with Gasteiger partial charge in [-0.15, -0.1) is 0 Å². The molecule has 0 aliphatic carbocycles. The van der Waals surface area contributed by atoms with Gasteiger partial charge >= 0.3 is 0 Å². The van der Waals surface area contributed by atoms with E-state index in [0.29, 0.717) is 25.9 Å². The van der Waals surface area contributed by atoms with Crippen molar-refractivity contribution in [3.63, 3.8) is 0 Å². The highest BCUT2D eigenvalue weighted by atomic mass is 19.1. The van der Waals surface area contributed by atoms with Gasteiger partial charge in [-0.2, -0.15) is 0 Å². The van der Waals surface area contributed by atoms with E-state index in [1.54, 1.807) is 28.0 Å². The maximum Gasteiger partial charge on any atom is 0.229 e. The summed E-state index contributed by atoms with van der Waals surface area (Å²) in [4.78, 5) is 49.9. The monoisotopic (exact) mass is 678 g/mol. The van der Waals surface area contributed by atoms with Crippen LogP contribution < -0.4 is 20.4 Å². The number of halogens is 2. The fourth-order valence-corrected chi connectivity index (χ4v) is 6.07. The molecule has 0 saturated carbocycles. The Bertz CT molecular complexity index is 1860. The lowest BCUT2D eigenvalue weighted by Crippen LogP contribution is -2.35. The number of amides is 4. The minimum absolute atomic E-state index is 0.00167. The van der Waals surface area contributed by atoms with Crippen LogP contribution in [0.15, 0.2) is 97.1 Å². The predicted octanol–water partition coefficient (Wildman–Crippen LogP) is 6.09. The molecule has 4 aromatic rings. The van der Waals surface area contributed by atoms with Crippen LogP contribution >= 0.6 is 0 Å². The van der Waals surface area contributed by atoms with E-state index in [2.05, 4.69) is 10.6 Å². The Hall–Kier alpha value is -5.64. The van der Waals surface area contributed by atoms with Crippen molar-refractivity contribution < 1.29 is 28.0 Å². The average Bonchev–Trinajstić information content (AvgIpc) is 3.63. The summed E-state index contributed by atoms with van der Waals surface area (Å²) in [6.45, 7) is 3.89. The number of nitrogens with one attached hydrogen (secondary N) is 2. The van der Waals surface area contributed by atoms with Crippen LogP contribution in [-0.4, -0.2) is 48.8 Å². The van der Waals surface area contributed by atoms with Crippen LogP contribution in [0.3, 0.4) is 0 Å². The Kier molecular flexibility index (Phi) is 11.9. The summed E-state index contributed by atoms with van der Waals surface area (Å²) in [5.41, 5.74) is 5.50. The zero-order chi connectivity index (χ0) is 35.6. The predicted molar refractivity (Wildman–Crippen MR) is 191 cm³/mol. The number of nitrogens with zero attached hydrogens (tertiary/aromatic N) is 2. The molecule has 0 spiro atoms. The number of aryl methyl sites for hydroxylation is 2. The van der Waals surface area contributed by atoms with E-state index in [0.717, 1.165) is 46.5 Å². The smallest absolute Gasteiger partial charge is 0.229 e. The fraction of sp³-hybridized carbons (Fsp3) is 0.250. The zero-order valence-electron chi connectivity index (χ0n) is 28.1. The minimum Gasteiger partial charge on any atom is -0.351 e. The van der Waals surface area contributed by atoms with Crippen LogP contribution in [0.4, 0.5) is 20.2 Å². The molecule has 2 unspecified atom stereocenters. The van der Waals surface area contributed by atoms with Crippen LogP contribution in [-0.2, 0) is 32.0 Å². The summed E-state index contributed by atoms with van der Waals surface area (Å²) in [6, 6.07) is 28.2. The Morgan fingerprint density at radius 2 is 1.12 bits per heavy atom. The van der Waals surface area contributed by atoms with Gasteiger partial charge in [-0.05, 0) is 83.6 Å². The molecule has 0 bridgehead atoms. The molecule has 0 aromatic heterocycles. The quantitative estimate of drug-likeness (QED) is 0.210. The highest BCUT2D eigenvalue weighted by Crippen LogP contribution is 2.24. The summed E-state index contributed by atoms with van der Waals surface area (Å²) in [5.74, 6) is -0.703. The van der Waals surface area contributed by atoms with Crippen LogP contribution in [0.2, 0.25) is 0 Å². The molecule has 258 valence electrons. The molecular formula is C40H40F2N4O4. The Labute approximate surface area is 290 Å². The van der Waals surface area contributed by atoms with E-state index >= 15 is 0 Å². The molecule has 6 rings (SSSR count). The molecule has 2 aliphatic heterocycles. The van der Waals surface area contributed by atoms with Gasteiger partial charge in [0.2, 0.25) is 23.6 Å². The van der Waals surface area contributed by atoms with Crippen molar-refractivity contribution in [2.75, 3.05) is 22.9 Å². The topological polar surface area (TPSA) is 98.8 Å². The van der Waals surface area contributed by atoms with Crippen molar-refractivity contribution in [2.45, 2.75) is 51.6 Å². The molecular weight excluding hydrogens is 638 g/mol. The second kappa shape index (κ2) is 16.6. The molecule has 4 aromatic carbocycles. The van der Waals surface area contributed by atoms with Gasteiger partial charge in [0.25, 0.3) is 0 Å². The Morgan fingerprint density at radius 3 is 1.64 bits per heavy atom. The van der Waals surface area contributed by atoms with E-state index in [1.807, 2.05) is 72.8 Å². The number of hydrogen-bond donors (Lipinski definition) is 2. The zero-order valence-corrected chi connectivity index (χ0v) is 28.1. The molecule has 2 heterocycles. The molecule has 2 saturated heterocycles. The maximum atomic E-state index is 13.2. The third-order valence-electron chi connectivity index (χ3n) is 8.43. The van der Waals surface area contributed by atoms with Crippen molar-refractivity contribution in [3.8, 4) is 0 Å². The molecule has 2 atom stereocenters. The molecule has 2 fully saturated rings. The van der Waals surface area contributed by atoms with Gasteiger partial charge in [0.15, 0.2) is 0 Å². The lowest BCUT2D eigenvalue weighted by atomic mass is 10.0. The van der Waals surface area contributed by atoms with Gasteiger partial charge in [-0.3, -0.25) is 19.2 Å². The normalized spacial score (nSPS) is 17.1. The number of carbonyl (C=O) groups excluding carboxylic acids is 4. The second-order valence-corrected chi connectivity index (χ2v) is 12.5. The summed E-state index contributed by atoms with van der Waals surface area (Å²) >= 11 is 0. The number of carbonyl (C=O) groups is 4. The third kappa shape index (κ3) is 10.2. The van der Waals surface area contributed by atoms with Gasteiger partial charge in [0.1, 0.15) is 11.6 Å². The van der Waals surface area contributed by atoms with Gasteiger partial charge in [0.05, 0.1) is 12.1 Å². The van der Waals surface area contributed by atoms with Crippen LogP contribution in [0.5, 0.6) is 0 Å². The first-order valence-corrected chi connectivity index (χ1v) is 16.5. The molecule has 8 nitrogen and oxygen atoms in total. The maximum absolute atomic E-state index is 13.2. The number of anilines is 2. The highest BCUT2D eigenvalue weighted by molar-refractivity contribution is 5.97. The van der Waals surface area contributed by atoms with Crippen molar-refractivity contribution in [1.29, 1.82) is 0 Å². The molecule has 0 radical (unpaired) electrons. The summed E-state index contributed by atoms with van der Waals surface area (Å²) in [5, 5.41) is 5.58. The average molecular weight is 679 g/mol. The first-order chi connectivity index (χ1) is 24.0. The summed E-state index contributed by atoms with van der Waals surface area (Å²) < 4.78 is 26.4. The Morgan fingerprint density at radius 1 is 0.640 bits per heavy atom. The lowest BCUT2D eigenvalue weighted by molar-refractivity contribution is -0.121. The van der Waals surface area contributed by atoms with Crippen LogP contribution in [0.25, 0.3) is 12.2 Å². The van der Waals surface area contributed by atoms with Crippen LogP contribution in [0.1, 0.15) is 48.9 Å². The van der Waals surface area contributed by atoms with E-state index in [1.165, 1.54) is 32.0 Å². The van der Waals surface area contributed by atoms with Gasteiger partial charge in [-0.25, -0.2) is 8.78 Å². The molecule has 50 heavy (non-hydrogen) atoms. The number of benzene rings is 4. The van der Waals surface area contributed by atoms with Crippen molar-refractivity contribution in [1.82, 2.24) is 10.6 Å². The summed E-state index contributed by atoms with van der Waals surface area (Å²) in [6.07, 6.45) is 5.97. The van der Waals surface area contributed by atoms with Crippen molar-refractivity contribution >= 4 is 47.2 Å². The molecule has 10 heteroatoms. The van der Waals surface area contributed by atoms with Crippen molar-refractivity contribution in [2.24, 2.45) is 0 Å². The molecule has 4 amide bonds. The van der Waals surface area contributed by atoms with E-state index < -0.39 is 0 Å². The Balaban J connectivity index is 0.000000194. The first kappa shape index (κ1) is 35.7. The third-order valence-corrected chi connectivity index (χ3v) is 8.43. The van der Waals surface area contributed by atoms with E-state index in [9.17, 15) is 28.0 Å². The summed E-state index contributed by atoms with van der Waals surface area (Å²) in [7, 11) is 0. The van der Waals surface area contributed by atoms with Gasteiger partial charge in [-0.1, -0.05) is 60.7 Å². The lowest BCUT2D eigenvalue weighted by Gasteiger charge is -2.17. The van der Waals surface area contributed by atoms with Gasteiger partial charge < -0.3 is 20.4 Å². The van der Waals surface area contributed by atoms with E-state index in [4.69, 9.17) is 0 Å².